The maximum absolute atomic E-state index is 12.5. The Hall–Kier alpha value is -1.76. The average molecular weight is 373 g/mol. The molecule has 0 aliphatic carbocycles. The van der Waals surface area contributed by atoms with E-state index in [9.17, 15) is 13.2 Å². The van der Waals surface area contributed by atoms with Gasteiger partial charge >= 0.3 is 0 Å². The van der Waals surface area contributed by atoms with E-state index in [1.165, 1.54) is 31.3 Å². The van der Waals surface area contributed by atoms with Crippen molar-refractivity contribution in [2.24, 2.45) is 0 Å². The van der Waals surface area contributed by atoms with Crippen LogP contribution < -0.4 is 10.0 Å². The van der Waals surface area contributed by atoms with Crippen LogP contribution in [0.5, 0.6) is 0 Å². The summed E-state index contributed by atoms with van der Waals surface area (Å²) in [6.07, 6.45) is 0. The van der Waals surface area contributed by atoms with E-state index in [0.29, 0.717) is 10.6 Å². The fourth-order valence-corrected chi connectivity index (χ4v) is 3.42. The van der Waals surface area contributed by atoms with Gasteiger partial charge in [0, 0.05) is 17.6 Å². The first-order valence-corrected chi connectivity index (χ1v) is 8.79. The Kier molecular flexibility index (Phi) is 5.19. The lowest BCUT2D eigenvalue weighted by Crippen LogP contribution is -2.20. The van der Waals surface area contributed by atoms with E-state index in [0.717, 1.165) is 0 Å². The number of amides is 1. The number of carbonyl (C=O) groups excluding carboxylic acids is 1. The largest absolute Gasteiger partial charge is 0.355 e. The molecule has 0 heterocycles. The van der Waals surface area contributed by atoms with Gasteiger partial charge < -0.3 is 5.32 Å². The lowest BCUT2D eigenvalue weighted by atomic mass is 10.1. The number of halogens is 2. The third-order valence-corrected chi connectivity index (χ3v) is 5.09. The maximum Gasteiger partial charge on any atom is 0.261 e. The molecule has 0 aromatic heterocycles. The van der Waals surface area contributed by atoms with Crippen LogP contribution in [0, 0.1) is 6.92 Å². The molecule has 0 spiro atoms. The van der Waals surface area contributed by atoms with Crippen molar-refractivity contribution in [3.8, 4) is 0 Å². The fraction of sp³-hybridized carbons (Fsp3) is 0.133. The summed E-state index contributed by atoms with van der Waals surface area (Å²) < 4.78 is 27.4. The molecule has 0 atom stereocenters. The molecule has 2 rings (SSSR count). The second kappa shape index (κ2) is 6.78. The Balaban J connectivity index is 2.44. The summed E-state index contributed by atoms with van der Waals surface area (Å²) in [5, 5.41) is 3.04. The first kappa shape index (κ1) is 17.6. The van der Waals surface area contributed by atoms with Gasteiger partial charge in [-0.3, -0.25) is 9.52 Å². The Labute approximate surface area is 144 Å². The number of carbonyl (C=O) groups is 1. The van der Waals surface area contributed by atoms with E-state index in [2.05, 4.69) is 10.0 Å². The fourth-order valence-electron chi connectivity index (χ4n) is 1.93. The lowest BCUT2D eigenvalue weighted by molar-refractivity contribution is 0.0962. The molecule has 0 radical (unpaired) electrons. The normalized spacial score (nSPS) is 11.1. The first-order chi connectivity index (χ1) is 10.7. The van der Waals surface area contributed by atoms with Gasteiger partial charge in [-0.1, -0.05) is 29.3 Å². The van der Waals surface area contributed by atoms with Crippen molar-refractivity contribution >= 4 is 44.8 Å². The van der Waals surface area contributed by atoms with Gasteiger partial charge in [0.2, 0.25) is 0 Å². The molecule has 0 unspecified atom stereocenters. The van der Waals surface area contributed by atoms with E-state index in [1.54, 1.807) is 19.1 Å². The van der Waals surface area contributed by atoms with Gasteiger partial charge in [0.05, 0.1) is 15.6 Å². The highest BCUT2D eigenvalue weighted by molar-refractivity contribution is 7.92. The Morgan fingerprint density at radius 3 is 2.43 bits per heavy atom. The summed E-state index contributed by atoms with van der Waals surface area (Å²) in [5.74, 6) is -0.361. The van der Waals surface area contributed by atoms with E-state index in [1.807, 2.05) is 0 Å². The molecule has 2 aromatic rings. The average Bonchev–Trinajstić information content (AvgIpc) is 2.50. The van der Waals surface area contributed by atoms with Gasteiger partial charge in [-0.25, -0.2) is 8.42 Å². The summed E-state index contributed by atoms with van der Waals surface area (Å²) in [7, 11) is -2.43. The van der Waals surface area contributed by atoms with Crippen molar-refractivity contribution in [2.45, 2.75) is 11.8 Å². The monoisotopic (exact) mass is 372 g/mol. The second-order valence-corrected chi connectivity index (χ2v) is 7.31. The van der Waals surface area contributed by atoms with Gasteiger partial charge in [0.25, 0.3) is 15.9 Å². The van der Waals surface area contributed by atoms with Crippen molar-refractivity contribution in [1.82, 2.24) is 5.32 Å². The molecule has 0 saturated carbocycles. The minimum Gasteiger partial charge on any atom is -0.355 e. The van der Waals surface area contributed by atoms with Crippen LogP contribution in [0.3, 0.4) is 0 Å². The zero-order valence-electron chi connectivity index (χ0n) is 12.4. The quantitative estimate of drug-likeness (QED) is 0.862. The summed E-state index contributed by atoms with van der Waals surface area (Å²) in [5.41, 5.74) is 1.12. The molecule has 0 saturated heterocycles. The van der Waals surface area contributed by atoms with E-state index >= 15 is 0 Å². The molecule has 5 nitrogen and oxygen atoms in total. The van der Waals surface area contributed by atoms with Crippen LogP contribution in [-0.4, -0.2) is 21.4 Å². The number of sulfonamides is 1. The van der Waals surface area contributed by atoms with E-state index in [4.69, 9.17) is 23.2 Å². The summed E-state index contributed by atoms with van der Waals surface area (Å²) in [6.45, 7) is 1.72. The zero-order valence-corrected chi connectivity index (χ0v) is 14.7. The number of nitrogens with one attached hydrogen (secondary N) is 2. The van der Waals surface area contributed by atoms with Gasteiger partial charge in [-0.2, -0.15) is 0 Å². The van der Waals surface area contributed by atoms with Crippen LogP contribution in [-0.2, 0) is 10.0 Å². The van der Waals surface area contributed by atoms with Gasteiger partial charge in [-0.15, -0.1) is 0 Å². The van der Waals surface area contributed by atoms with Crippen LogP contribution in [0.4, 0.5) is 5.69 Å². The number of hydrogen-bond acceptors (Lipinski definition) is 3. The van der Waals surface area contributed by atoms with E-state index in [-0.39, 0.29) is 27.1 Å². The Morgan fingerprint density at radius 1 is 1.09 bits per heavy atom. The van der Waals surface area contributed by atoms with Crippen molar-refractivity contribution in [1.29, 1.82) is 0 Å². The molecule has 23 heavy (non-hydrogen) atoms. The summed E-state index contributed by atoms with van der Waals surface area (Å²) >= 11 is 11.8. The minimum absolute atomic E-state index is 0.0438. The Morgan fingerprint density at radius 2 is 1.78 bits per heavy atom. The first-order valence-electron chi connectivity index (χ1n) is 6.55. The van der Waals surface area contributed by atoms with Crippen molar-refractivity contribution in [3.05, 3.63) is 57.6 Å². The maximum atomic E-state index is 12.5. The molecule has 0 bridgehead atoms. The van der Waals surface area contributed by atoms with Crippen LogP contribution in [0.2, 0.25) is 10.0 Å². The summed E-state index contributed by atoms with van der Waals surface area (Å²) in [4.78, 5) is 11.8. The van der Waals surface area contributed by atoms with E-state index < -0.39 is 10.0 Å². The van der Waals surface area contributed by atoms with Crippen LogP contribution in [0.25, 0.3) is 0 Å². The molecular formula is C15H14Cl2N2O3S. The predicted octanol–water partition coefficient (Wildman–Crippen LogP) is 3.46. The van der Waals surface area contributed by atoms with Crippen LogP contribution >= 0.6 is 23.2 Å². The molecular weight excluding hydrogens is 359 g/mol. The molecule has 2 aromatic carbocycles. The molecule has 1 amide bonds. The second-order valence-electron chi connectivity index (χ2n) is 4.79. The molecule has 8 heteroatoms. The molecule has 0 aliphatic heterocycles. The third-order valence-electron chi connectivity index (χ3n) is 3.16. The lowest BCUT2D eigenvalue weighted by Gasteiger charge is -2.12. The highest BCUT2D eigenvalue weighted by Crippen LogP contribution is 2.28. The molecule has 0 aliphatic rings. The highest BCUT2D eigenvalue weighted by Gasteiger charge is 2.19. The zero-order chi connectivity index (χ0) is 17.2. The Bertz CT molecular complexity index is 867. The summed E-state index contributed by atoms with van der Waals surface area (Å²) in [6, 6.07) is 8.76. The SMILES string of the molecule is CNC(=O)c1cc(S(=O)(=O)Nc2cc(Cl)ccc2Cl)ccc1C. The topological polar surface area (TPSA) is 75.3 Å². The van der Waals surface area contributed by atoms with Gasteiger partial charge in [0.15, 0.2) is 0 Å². The van der Waals surface area contributed by atoms with Crippen molar-refractivity contribution in [3.63, 3.8) is 0 Å². The van der Waals surface area contributed by atoms with Crippen molar-refractivity contribution < 1.29 is 13.2 Å². The molecule has 0 fully saturated rings. The number of benzene rings is 2. The van der Waals surface area contributed by atoms with Gasteiger partial charge in [-0.05, 0) is 42.8 Å². The smallest absolute Gasteiger partial charge is 0.261 e. The van der Waals surface area contributed by atoms with Crippen LogP contribution in [0.1, 0.15) is 15.9 Å². The predicted molar refractivity (Wildman–Crippen MR) is 91.8 cm³/mol. The number of hydrogen-bond donors (Lipinski definition) is 2. The molecule has 2 N–H and O–H groups in total. The minimum atomic E-state index is -3.91. The van der Waals surface area contributed by atoms with Crippen LogP contribution in [0.15, 0.2) is 41.3 Å². The number of aryl methyl sites for hydroxylation is 1. The highest BCUT2D eigenvalue weighted by atomic mass is 35.5. The number of anilines is 1. The van der Waals surface area contributed by atoms with Crippen molar-refractivity contribution in [2.75, 3.05) is 11.8 Å². The standard InChI is InChI=1S/C15H14Cl2N2O3S/c1-9-3-5-11(8-12(9)15(20)18-2)23(21,22)19-14-7-10(16)4-6-13(14)17/h3-8,19H,1-2H3,(H,18,20). The third kappa shape index (κ3) is 3.96. The van der Waals surface area contributed by atoms with Gasteiger partial charge in [0.1, 0.15) is 0 Å². The number of rotatable bonds is 4. The molecule has 122 valence electrons.